The van der Waals surface area contributed by atoms with Gasteiger partial charge in [0.2, 0.25) is 11.8 Å². The Balaban J connectivity index is 1.16. The molecule has 3 aromatic carbocycles. The first-order chi connectivity index (χ1) is 22.4. The summed E-state index contributed by atoms with van der Waals surface area (Å²) < 4.78 is 48.0. The topological polar surface area (TPSA) is 98.9 Å². The van der Waals surface area contributed by atoms with Crippen LogP contribution in [0.25, 0.3) is 17.1 Å². The number of hydrogen-bond acceptors (Lipinski definition) is 7. The highest BCUT2D eigenvalue weighted by Crippen LogP contribution is 2.36. The number of benzene rings is 3. The van der Waals surface area contributed by atoms with E-state index in [4.69, 9.17) is 4.74 Å². The van der Waals surface area contributed by atoms with Crippen molar-refractivity contribution in [1.29, 1.82) is 0 Å². The predicted molar refractivity (Wildman–Crippen MR) is 175 cm³/mol. The number of hydrogen-bond donors (Lipinski definition) is 0. The fourth-order valence-corrected chi connectivity index (χ4v) is 6.03. The molecule has 2 heterocycles. The summed E-state index contributed by atoms with van der Waals surface area (Å²) in [5.41, 5.74) is 4.07. The molecule has 0 spiro atoms. The molecule has 246 valence electrons. The number of aromatic nitrogens is 3. The van der Waals surface area contributed by atoms with Crippen molar-refractivity contribution in [2.45, 2.75) is 52.3 Å². The van der Waals surface area contributed by atoms with Gasteiger partial charge in [-0.05, 0) is 78.3 Å². The molecule has 1 atom stereocenters. The third-order valence-electron chi connectivity index (χ3n) is 7.56. The largest absolute Gasteiger partial charge is 0.573 e. The van der Waals surface area contributed by atoms with E-state index in [0.29, 0.717) is 28.8 Å². The molecule has 9 nitrogen and oxygen atoms in total. The number of halogens is 3. The van der Waals surface area contributed by atoms with Gasteiger partial charge < -0.3 is 9.47 Å². The maximum absolute atomic E-state index is 12.9. The molecule has 4 aromatic rings. The van der Waals surface area contributed by atoms with Gasteiger partial charge in [0.25, 0.3) is 0 Å². The van der Waals surface area contributed by atoms with Gasteiger partial charge in [0.1, 0.15) is 17.8 Å². The van der Waals surface area contributed by atoms with Gasteiger partial charge in [-0.3, -0.25) is 14.5 Å². The normalized spacial score (nSPS) is 15.0. The Hall–Kier alpha value is -4.65. The summed E-state index contributed by atoms with van der Waals surface area (Å²) >= 11 is 1.27. The molecule has 5 rings (SSSR count). The zero-order valence-electron chi connectivity index (χ0n) is 26.3. The molecule has 0 saturated carbocycles. The summed E-state index contributed by atoms with van der Waals surface area (Å²) in [5, 5.41) is 4.85. The van der Waals surface area contributed by atoms with E-state index in [1.54, 1.807) is 18.1 Å². The minimum atomic E-state index is -4.76. The molecule has 1 aromatic heterocycles. The summed E-state index contributed by atoms with van der Waals surface area (Å²) in [5.74, 6) is 1.05. The molecule has 1 aliphatic heterocycles. The first-order valence-electron chi connectivity index (χ1n) is 15.0. The maximum Gasteiger partial charge on any atom is 0.573 e. The standard InChI is InChI=1S/C34H34F3N5O4S/c1-21(2)28-18-27(45-4)14-15-29(28)42-31(44)19-47-33(42)39-30(43)16-5-22(3)17-23-6-8-24(9-7-23)32-38-20-41(40-32)25-10-12-26(13-11-25)46-34(35,36)37/h6-15,18,20-22H,5,16-17,19H2,1-4H3. The first-order valence-corrected chi connectivity index (χ1v) is 16.0. The van der Waals surface area contributed by atoms with Crippen molar-refractivity contribution < 1.29 is 32.2 Å². The van der Waals surface area contributed by atoms with Gasteiger partial charge in [-0.2, -0.15) is 4.99 Å². The summed E-state index contributed by atoms with van der Waals surface area (Å²) in [4.78, 5) is 36.0. The number of aliphatic imine (C=N–C) groups is 1. The van der Waals surface area contributed by atoms with E-state index < -0.39 is 6.36 Å². The van der Waals surface area contributed by atoms with Crippen LogP contribution in [0.4, 0.5) is 18.9 Å². The zero-order chi connectivity index (χ0) is 33.7. The van der Waals surface area contributed by atoms with Crippen molar-refractivity contribution in [3.63, 3.8) is 0 Å². The van der Waals surface area contributed by atoms with Crippen LogP contribution in [0.1, 0.15) is 50.7 Å². The highest BCUT2D eigenvalue weighted by atomic mass is 32.2. The third-order valence-corrected chi connectivity index (χ3v) is 8.48. The van der Waals surface area contributed by atoms with E-state index in [2.05, 4.69) is 26.7 Å². The zero-order valence-corrected chi connectivity index (χ0v) is 27.1. The van der Waals surface area contributed by atoms with Gasteiger partial charge in [0.05, 0.1) is 24.2 Å². The molecule has 1 saturated heterocycles. The number of thioether (sulfide) groups is 1. The number of ether oxygens (including phenoxy) is 2. The number of carbonyl (C=O) groups excluding carboxylic acids is 2. The molecular weight excluding hydrogens is 631 g/mol. The number of amidine groups is 1. The highest BCUT2D eigenvalue weighted by Gasteiger charge is 2.33. The highest BCUT2D eigenvalue weighted by molar-refractivity contribution is 8.15. The molecule has 0 aliphatic carbocycles. The van der Waals surface area contributed by atoms with Crippen molar-refractivity contribution in [2.24, 2.45) is 10.9 Å². The third kappa shape index (κ3) is 8.59. The van der Waals surface area contributed by atoms with E-state index in [0.717, 1.165) is 28.8 Å². The molecular formula is C34H34F3N5O4S. The molecule has 2 amide bonds. The number of alkyl halides is 3. The van der Waals surface area contributed by atoms with Crippen molar-refractivity contribution in [3.05, 3.63) is 84.2 Å². The Bertz CT molecular complexity index is 1750. The number of amides is 2. The molecule has 0 radical (unpaired) electrons. The Morgan fingerprint density at radius 3 is 2.38 bits per heavy atom. The van der Waals surface area contributed by atoms with Crippen LogP contribution in [0.3, 0.4) is 0 Å². The van der Waals surface area contributed by atoms with Crippen LogP contribution < -0.4 is 14.4 Å². The first kappa shape index (κ1) is 33.7. The van der Waals surface area contributed by atoms with Gasteiger partial charge in [-0.1, -0.05) is 56.8 Å². The van der Waals surface area contributed by atoms with E-state index in [9.17, 15) is 22.8 Å². The van der Waals surface area contributed by atoms with Crippen LogP contribution in [-0.2, 0) is 16.0 Å². The smallest absolute Gasteiger partial charge is 0.497 e. The van der Waals surface area contributed by atoms with Gasteiger partial charge in [0.15, 0.2) is 11.0 Å². The SMILES string of the molecule is COc1ccc(N2C(=O)CSC2=NC(=O)CCC(C)Cc2ccc(-c3ncn(-c4ccc(OC(F)(F)F)cc4)n3)cc2)c(C(C)C)c1. The predicted octanol–water partition coefficient (Wildman–Crippen LogP) is 7.59. The molecule has 0 N–H and O–H groups in total. The van der Waals surface area contributed by atoms with Crippen LogP contribution >= 0.6 is 11.8 Å². The second kappa shape index (κ2) is 14.4. The van der Waals surface area contributed by atoms with Crippen molar-refractivity contribution in [1.82, 2.24) is 14.8 Å². The van der Waals surface area contributed by atoms with Gasteiger partial charge >= 0.3 is 6.36 Å². The molecule has 1 unspecified atom stereocenters. The maximum atomic E-state index is 12.9. The average molecular weight is 666 g/mol. The molecule has 0 bridgehead atoms. The number of nitrogens with zero attached hydrogens (tertiary/aromatic N) is 5. The van der Waals surface area contributed by atoms with E-state index in [-0.39, 0.29) is 41.6 Å². The Morgan fingerprint density at radius 2 is 1.72 bits per heavy atom. The summed E-state index contributed by atoms with van der Waals surface area (Å²) in [7, 11) is 1.60. The number of rotatable bonds is 11. The van der Waals surface area contributed by atoms with E-state index in [1.165, 1.54) is 47.0 Å². The monoisotopic (exact) mass is 665 g/mol. The number of carbonyl (C=O) groups is 2. The number of methoxy groups -OCH3 is 1. The second-order valence-corrected chi connectivity index (χ2v) is 12.4. The van der Waals surface area contributed by atoms with Crippen LogP contribution in [-0.4, -0.2) is 51.0 Å². The quantitative estimate of drug-likeness (QED) is 0.163. The minimum Gasteiger partial charge on any atom is -0.497 e. The lowest BCUT2D eigenvalue weighted by molar-refractivity contribution is -0.274. The molecule has 13 heteroatoms. The van der Waals surface area contributed by atoms with Crippen LogP contribution in [0.5, 0.6) is 11.5 Å². The van der Waals surface area contributed by atoms with Crippen LogP contribution in [0.15, 0.2) is 78.0 Å². The second-order valence-electron chi connectivity index (χ2n) is 11.5. The summed E-state index contributed by atoms with van der Waals surface area (Å²) in [6.07, 6.45) is -1.62. The Labute approximate surface area is 274 Å². The fourth-order valence-electron chi connectivity index (χ4n) is 5.15. The molecule has 1 fully saturated rings. The van der Waals surface area contributed by atoms with Crippen LogP contribution in [0, 0.1) is 5.92 Å². The van der Waals surface area contributed by atoms with Crippen molar-refractivity contribution in [2.75, 3.05) is 17.8 Å². The minimum absolute atomic E-state index is 0.110. The summed E-state index contributed by atoms with van der Waals surface area (Å²) in [6.45, 7) is 6.16. The average Bonchev–Trinajstić information content (AvgIpc) is 3.67. The van der Waals surface area contributed by atoms with Crippen molar-refractivity contribution in [3.8, 4) is 28.6 Å². The van der Waals surface area contributed by atoms with Gasteiger partial charge in [-0.15, -0.1) is 18.3 Å². The van der Waals surface area contributed by atoms with Gasteiger partial charge in [0, 0.05) is 12.0 Å². The lowest BCUT2D eigenvalue weighted by Crippen LogP contribution is -2.31. The van der Waals surface area contributed by atoms with Crippen molar-refractivity contribution >= 4 is 34.4 Å². The van der Waals surface area contributed by atoms with E-state index >= 15 is 0 Å². The molecule has 47 heavy (non-hydrogen) atoms. The van der Waals surface area contributed by atoms with Gasteiger partial charge in [-0.25, -0.2) is 9.67 Å². The lowest BCUT2D eigenvalue weighted by Gasteiger charge is -2.22. The Morgan fingerprint density at radius 1 is 1.02 bits per heavy atom. The Kier molecular flexibility index (Phi) is 10.3. The lowest BCUT2D eigenvalue weighted by atomic mass is 9.96. The van der Waals surface area contributed by atoms with E-state index in [1.807, 2.05) is 50.2 Å². The number of anilines is 1. The van der Waals surface area contributed by atoms with Crippen LogP contribution in [0.2, 0.25) is 0 Å². The summed E-state index contributed by atoms with van der Waals surface area (Å²) in [6, 6.07) is 18.7. The fraction of sp³-hybridized carbons (Fsp3) is 0.324. The molecule has 1 aliphatic rings.